The molecule has 0 aliphatic heterocycles. The Bertz CT molecular complexity index is 977. The Morgan fingerprint density at radius 2 is 1.22 bits per heavy atom. The summed E-state index contributed by atoms with van der Waals surface area (Å²) in [5.74, 6) is 0. The van der Waals surface area contributed by atoms with Crippen LogP contribution < -0.4 is 0 Å². The summed E-state index contributed by atoms with van der Waals surface area (Å²) in [6.07, 6.45) is 2.17. The molecule has 0 bridgehead atoms. The number of hydrogen-bond donors (Lipinski definition) is 0. The molecule has 0 aromatic heterocycles. The lowest BCUT2D eigenvalue weighted by atomic mass is 9.73. The zero-order valence-electron chi connectivity index (χ0n) is 17.5. The van der Waals surface area contributed by atoms with Crippen LogP contribution in [0.3, 0.4) is 0 Å². The quantitative estimate of drug-likeness (QED) is 0.472. The summed E-state index contributed by atoms with van der Waals surface area (Å²) in [4.78, 5) is 0. The van der Waals surface area contributed by atoms with Gasteiger partial charge in [-0.15, -0.1) is 0 Å². The third kappa shape index (κ3) is 2.57. The average Bonchev–Trinajstić information content (AvgIpc) is 2.89. The van der Waals surface area contributed by atoms with Crippen molar-refractivity contribution in [2.75, 3.05) is 0 Å². The lowest BCUT2D eigenvalue weighted by Crippen LogP contribution is -2.23. The highest BCUT2D eigenvalue weighted by Gasteiger charge is 2.41. The smallest absolute Gasteiger partial charge is 0.0435 e. The van der Waals surface area contributed by atoms with E-state index in [9.17, 15) is 0 Å². The molecule has 0 atom stereocenters. The molecular weight excluding hydrogens is 324 g/mol. The minimum Gasteiger partial charge on any atom is -0.0617 e. The van der Waals surface area contributed by atoms with Crippen molar-refractivity contribution in [1.29, 1.82) is 0 Å². The van der Waals surface area contributed by atoms with Crippen molar-refractivity contribution >= 4 is 0 Å². The molecule has 0 spiro atoms. The van der Waals surface area contributed by atoms with Crippen LogP contribution in [0.5, 0.6) is 0 Å². The summed E-state index contributed by atoms with van der Waals surface area (Å²) >= 11 is 0. The number of rotatable bonds is 3. The van der Waals surface area contributed by atoms with E-state index in [1.54, 1.807) is 0 Å². The van der Waals surface area contributed by atoms with E-state index >= 15 is 0 Å². The van der Waals surface area contributed by atoms with Crippen LogP contribution in [0.25, 0.3) is 11.1 Å². The van der Waals surface area contributed by atoms with Gasteiger partial charge in [-0.25, -0.2) is 0 Å². The van der Waals surface area contributed by atoms with Crippen molar-refractivity contribution in [3.63, 3.8) is 0 Å². The van der Waals surface area contributed by atoms with Crippen molar-refractivity contribution in [1.82, 2.24) is 0 Å². The van der Waals surface area contributed by atoms with E-state index in [-0.39, 0.29) is 5.41 Å². The number of aryl methyl sites for hydroxylation is 5. The van der Waals surface area contributed by atoms with Gasteiger partial charge in [0.2, 0.25) is 0 Å². The van der Waals surface area contributed by atoms with E-state index in [2.05, 4.69) is 90.1 Å². The first kappa shape index (κ1) is 18.0. The number of benzene rings is 3. The molecule has 0 saturated carbocycles. The molecule has 27 heavy (non-hydrogen) atoms. The van der Waals surface area contributed by atoms with E-state index in [1.807, 2.05) is 0 Å². The second-order valence-electron chi connectivity index (χ2n) is 8.35. The molecule has 0 fully saturated rings. The molecule has 0 unspecified atom stereocenters. The first-order valence-electron chi connectivity index (χ1n) is 10.3. The number of hydrogen-bond acceptors (Lipinski definition) is 0. The van der Waals surface area contributed by atoms with Gasteiger partial charge in [-0.05, 0) is 90.6 Å². The van der Waals surface area contributed by atoms with Gasteiger partial charge >= 0.3 is 0 Å². The van der Waals surface area contributed by atoms with Crippen molar-refractivity contribution in [3.8, 4) is 11.1 Å². The molecule has 0 heteroatoms. The molecule has 3 aromatic rings. The van der Waals surface area contributed by atoms with Crippen LogP contribution in [0.15, 0.2) is 48.5 Å². The molecular formula is C27H30. The Hall–Kier alpha value is -2.34. The molecule has 138 valence electrons. The summed E-state index contributed by atoms with van der Waals surface area (Å²) in [6, 6.07) is 18.9. The Labute approximate surface area is 164 Å². The van der Waals surface area contributed by atoms with Gasteiger partial charge in [0.05, 0.1) is 0 Å². The van der Waals surface area contributed by atoms with Crippen LogP contribution in [0.4, 0.5) is 0 Å². The molecule has 0 heterocycles. The molecule has 4 rings (SSSR count). The topological polar surface area (TPSA) is 0 Å². The van der Waals surface area contributed by atoms with E-state index in [4.69, 9.17) is 0 Å². The first-order chi connectivity index (χ1) is 12.9. The largest absolute Gasteiger partial charge is 0.0617 e. The Kier molecular flexibility index (Phi) is 4.26. The summed E-state index contributed by atoms with van der Waals surface area (Å²) in [5.41, 5.74) is 14.2. The summed E-state index contributed by atoms with van der Waals surface area (Å²) in [6.45, 7) is 13.7. The highest BCUT2D eigenvalue weighted by atomic mass is 14.4. The van der Waals surface area contributed by atoms with Crippen LogP contribution in [0.2, 0.25) is 0 Å². The van der Waals surface area contributed by atoms with Gasteiger partial charge in [-0.2, -0.15) is 0 Å². The maximum atomic E-state index is 2.46. The zero-order valence-corrected chi connectivity index (χ0v) is 17.5. The maximum absolute atomic E-state index is 2.46. The third-order valence-corrected chi connectivity index (χ3v) is 6.68. The second kappa shape index (κ2) is 6.37. The molecule has 1 aliphatic rings. The van der Waals surface area contributed by atoms with Gasteiger partial charge in [0.1, 0.15) is 0 Å². The van der Waals surface area contributed by atoms with Crippen molar-refractivity contribution in [3.05, 3.63) is 93.0 Å². The normalized spacial score (nSPS) is 14.1. The van der Waals surface area contributed by atoms with Gasteiger partial charge in [0.25, 0.3) is 0 Å². The molecule has 1 aliphatic carbocycles. The molecule has 3 aromatic carbocycles. The van der Waals surface area contributed by atoms with Gasteiger partial charge in [0.15, 0.2) is 0 Å². The molecule has 0 nitrogen and oxygen atoms in total. The van der Waals surface area contributed by atoms with Crippen LogP contribution in [0.1, 0.15) is 65.3 Å². The minimum absolute atomic E-state index is 0.0925. The third-order valence-electron chi connectivity index (χ3n) is 6.68. The predicted octanol–water partition coefficient (Wildman–Crippen LogP) is 7.07. The van der Waals surface area contributed by atoms with Gasteiger partial charge < -0.3 is 0 Å². The standard InChI is InChI=1S/C27H30/c1-7-20-15-23-24-16-21(8-2)19(5)14-26(24)27(6,25(23)13-18(20)4)22-11-9-10-17(3)12-22/h9-16H,7-8H2,1-6H3. The highest BCUT2D eigenvalue weighted by Crippen LogP contribution is 2.53. The van der Waals surface area contributed by atoms with Crippen LogP contribution >= 0.6 is 0 Å². The maximum Gasteiger partial charge on any atom is 0.0435 e. The molecule has 0 saturated heterocycles. The lowest BCUT2D eigenvalue weighted by molar-refractivity contribution is 0.710. The molecule has 0 amide bonds. The average molecular weight is 355 g/mol. The van der Waals surface area contributed by atoms with Gasteiger partial charge in [0, 0.05) is 5.41 Å². The summed E-state index contributed by atoms with van der Waals surface area (Å²) in [5, 5.41) is 0. The Morgan fingerprint density at radius 1 is 0.704 bits per heavy atom. The van der Waals surface area contributed by atoms with Crippen LogP contribution in [0, 0.1) is 20.8 Å². The lowest BCUT2D eigenvalue weighted by Gasteiger charge is -2.29. The first-order valence-corrected chi connectivity index (χ1v) is 10.3. The number of fused-ring (bicyclic) bond motifs is 3. The van der Waals surface area contributed by atoms with Crippen molar-refractivity contribution < 1.29 is 0 Å². The van der Waals surface area contributed by atoms with Crippen molar-refractivity contribution in [2.24, 2.45) is 0 Å². The predicted molar refractivity (Wildman–Crippen MR) is 117 cm³/mol. The summed E-state index contributed by atoms with van der Waals surface area (Å²) < 4.78 is 0. The minimum atomic E-state index is -0.0925. The zero-order chi connectivity index (χ0) is 19.3. The van der Waals surface area contributed by atoms with Crippen molar-refractivity contribution in [2.45, 2.75) is 59.8 Å². The van der Waals surface area contributed by atoms with E-state index in [0.717, 1.165) is 12.8 Å². The Balaban J connectivity index is 2.11. The second-order valence-corrected chi connectivity index (χ2v) is 8.35. The van der Waals surface area contributed by atoms with Gasteiger partial charge in [-0.3, -0.25) is 0 Å². The van der Waals surface area contributed by atoms with Crippen LogP contribution in [-0.4, -0.2) is 0 Å². The monoisotopic (exact) mass is 354 g/mol. The summed E-state index contributed by atoms with van der Waals surface area (Å²) in [7, 11) is 0. The SMILES string of the molecule is CCc1cc2c(cc1C)C(C)(c1cccc(C)c1)c1cc(C)c(CC)cc1-2. The van der Waals surface area contributed by atoms with E-state index in [1.165, 1.54) is 55.6 Å². The fourth-order valence-corrected chi connectivity index (χ4v) is 4.95. The van der Waals surface area contributed by atoms with E-state index in [0.29, 0.717) is 0 Å². The fraction of sp³-hybridized carbons (Fsp3) is 0.333. The fourth-order valence-electron chi connectivity index (χ4n) is 4.95. The molecule has 0 N–H and O–H groups in total. The van der Waals surface area contributed by atoms with E-state index < -0.39 is 0 Å². The Morgan fingerprint density at radius 3 is 1.67 bits per heavy atom. The van der Waals surface area contributed by atoms with Crippen LogP contribution in [-0.2, 0) is 18.3 Å². The highest BCUT2D eigenvalue weighted by molar-refractivity contribution is 5.85. The van der Waals surface area contributed by atoms with Gasteiger partial charge in [-0.1, -0.05) is 67.9 Å². The molecule has 0 radical (unpaired) electrons.